The Hall–Kier alpha value is -8.88. The van der Waals surface area contributed by atoms with Gasteiger partial charge in [-0.25, -0.2) is 0 Å². The molecule has 0 saturated heterocycles. The Balaban J connectivity index is 1.11. The van der Waals surface area contributed by atoms with Crippen molar-refractivity contribution in [2.75, 3.05) is 0 Å². The molecule has 0 unspecified atom stereocenters. The molecule has 270 valence electrons. The van der Waals surface area contributed by atoms with Crippen LogP contribution >= 0.6 is 0 Å². The molecule has 0 bridgehead atoms. The molecule has 8 aromatic carbocycles. The van der Waals surface area contributed by atoms with Crippen LogP contribution in [0.1, 0.15) is 22.3 Å². The van der Waals surface area contributed by atoms with Crippen LogP contribution < -0.4 is 0 Å². The minimum Gasteiger partial charge on any atom is -0.309 e. The van der Waals surface area contributed by atoms with E-state index in [1.54, 1.807) is 12.1 Å². The smallest absolute Gasteiger partial charge is 0.101 e. The number of fused-ring (bicyclic) bond motifs is 9. The van der Waals surface area contributed by atoms with Crippen molar-refractivity contribution < 1.29 is 0 Å². The van der Waals surface area contributed by atoms with Gasteiger partial charge in [-0.05, 0) is 91.0 Å². The van der Waals surface area contributed by atoms with Gasteiger partial charge in [-0.3, -0.25) is 0 Å². The number of aromatic nitrogens is 3. The number of hydrogen-bond donors (Lipinski definition) is 0. The first-order valence-corrected chi connectivity index (χ1v) is 19.1. The first-order valence-electron chi connectivity index (χ1n) is 19.1. The van der Waals surface area contributed by atoms with E-state index in [2.05, 4.69) is 100 Å². The van der Waals surface area contributed by atoms with Gasteiger partial charge in [0.2, 0.25) is 0 Å². The van der Waals surface area contributed by atoms with Crippen LogP contribution in [0.15, 0.2) is 164 Å². The minimum atomic E-state index is 0.488. The van der Waals surface area contributed by atoms with Crippen molar-refractivity contribution in [2.24, 2.45) is 0 Å². The zero-order valence-corrected chi connectivity index (χ0v) is 31.2. The molecule has 3 aromatic heterocycles. The first kappa shape index (κ1) is 33.5. The van der Waals surface area contributed by atoms with E-state index in [0.29, 0.717) is 22.3 Å². The van der Waals surface area contributed by atoms with Crippen molar-refractivity contribution in [3.05, 3.63) is 186 Å². The third kappa shape index (κ3) is 4.84. The third-order valence-electron chi connectivity index (χ3n) is 11.6. The number of nitrogens with zero attached hydrogens (tertiary/aromatic N) is 7. The standard InChI is InChI=1S/C52H27N7/c53-28-32-16-21-49-43(24-32)40-10-2-4-13-46(40)57(49)37-19-23-51-45(27-37)41-11-3-6-15-48(41)59(51)47-14-5-1-9-39(47)38-20-18-36(26-35(38)31-56)58-50-22-17-33(29-54)25-44(50)42-12-7-8-34(30-55)52(42)58/h1-27H. The SMILES string of the molecule is N#Cc1ccc2c(c1)c1ccccc1n2-c1ccc2c(c1)c1ccccc1n2-c1ccccc1-c1ccc(-n2c3ccc(C#N)cc3c3cccc(C#N)c32)cc1C#N. The molecule has 0 radical (unpaired) electrons. The predicted molar refractivity (Wildman–Crippen MR) is 234 cm³/mol. The lowest BCUT2D eigenvalue weighted by Crippen LogP contribution is -2.00. The molecule has 11 aromatic rings. The van der Waals surface area contributed by atoms with Crippen LogP contribution in [-0.4, -0.2) is 13.7 Å². The average molecular weight is 750 g/mol. The summed E-state index contributed by atoms with van der Waals surface area (Å²) in [6.07, 6.45) is 0. The number of para-hydroxylation sites is 4. The normalized spacial score (nSPS) is 11.3. The lowest BCUT2D eigenvalue weighted by atomic mass is 9.97. The second kappa shape index (κ2) is 12.8. The molecule has 11 rings (SSSR count). The Labute approximate surface area is 337 Å². The van der Waals surface area contributed by atoms with E-state index in [0.717, 1.165) is 93.6 Å². The van der Waals surface area contributed by atoms with Gasteiger partial charge in [0.25, 0.3) is 0 Å². The van der Waals surface area contributed by atoms with Crippen molar-refractivity contribution in [3.8, 4) is 52.5 Å². The molecule has 0 fully saturated rings. The fraction of sp³-hybridized carbons (Fsp3) is 0. The van der Waals surface area contributed by atoms with Crippen LogP contribution in [-0.2, 0) is 0 Å². The summed E-state index contributed by atoms with van der Waals surface area (Å²) in [6.45, 7) is 0. The van der Waals surface area contributed by atoms with Crippen molar-refractivity contribution in [2.45, 2.75) is 0 Å². The molecule has 0 N–H and O–H groups in total. The van der Waals surface area contributed by atoms with Crippen LogP contribution in [0.3, 0.4) is 0 Å². The molecule has 0 spiro atoms. The maximum absolute atomic E-state index is 10.8. The zero-order chi connectivity index (χ0) is 39.8. The summed E-state index contributed by atoms with van der Waals surface area (Å²) in [6, 6.07) is 63.8. The van der Waals surface area contributed by atoms with E-state index in [-0.39, 0.29) is 0 Å². The van der Waals surface area contributed by atoms with Crippen molar-refractivity contribution in [3.63, 3.8) is 0 Å². The second-order valence-corrected chi connectivity index (χ2v) is 14.6. The Kier molecular flexibility index (Phi) is 7.28. The number of rotatable bonds is 4. The van der Waals surface area contributed by atoms with Crippen molar-refractivity contribution >= 4 is 65.4 Å². The zero-order valence-electron chi connectivity index (χ0n) is 31.2. The summed E-state index contributed by atoms with van der Waals surface area (Å²) < 4.78 is 6.57. The topological polar surface area (TPSA) is 110 Å². The highest BCUT2D eigenvalue weighted by Crippen LogP contribution is 2.41. The average Bonchev–Trinajstić information content (AvgIpc) is 3.93. The van der Waals surface area contributed by atoms with Gasteiger partial charge in [0.05, 0.1) is 79.2 Å². The molecule has 59 heavy (non-hydrogen) atoms. The molecule has 0 aliphatic rings. The Morgan fingerprint density at radius 3 is 1.56 bits per heavy atom. The predicted octanol–water partition coefficient (Wildman–Crippen LogP) is 12.1. The molecule has 0 atom stereocenters. The molecular formula is C52H27N7. The van der Waals surface area contributed by atoms with Crippen LogP contribution in [0.4, 0.5) is 0 Å². The van der Waals surface area contributed by atoms with Gasteiger partial charge < -0.3 is 13.7 Å². The third-order valence-corrected chi connectivity index (χ3v) is 11.6. The number of benzene rings is 8. The van der Waals surface area contributed by atoms with Crippen molar-refractivity contribution in [1.29, 1.82) is 21.0 Å². The van der Waals surface area contributed by atoms with Crippen LogP contribution in [0.25, 0.3) is 93.6 Å². The van der Waals surface area contributed by atoms with Gasteiger partial charge in [-0.2, -0.15) is 21.0 Å². The van der Waals surface area contributed by atoms with Crippen LogP contribution in [0.5, 0.6) is 0 Å². The highest BCUT2D eigenvalue weighted by Gasteiger charge is 2.21. The lowest BCUT2D eigenvalue weighted by molar-refractivity contribution is 1.16. The van der Waals surface area contributed by atoms with Gasteiger partial charge in [0.1, 0.15) is 6.07 Å². The summed E-state index contributed by atoms with van der Waals surface area (Å²) >= 11 is 0. The summed E-state index contributed by atoms with van der Waals surface area (Å²) in [5.74, 6) is 0. The van der Waals surface area contributed by atoms with E-state index in [1.807, 2.05) is 89.5 Å². The van der Waals surface area contributed by atoms with E-state index in [1.165, 1.54) is 0 Å². The van der Waals surface area contributed by atoms with Gasteiger partial charge >= 0.3 is 0 Å². The van der Waals surface area contributed by atoms with Gasteiger partial charge in [0.15, 0.2) is 0 Å². The van der Waals surface area contributed by atoms with Crippen molar-refractivity contribution in [1.82, 2.24) is 13.7 Å². The molecule has 7 heteroatoms. The first-order chi connectivity index (χ1) is 29.1. The highest BCUT2D eigenvalue weighted by molar-refractivity contribution is 6.13. The lowest BCUT2D eigenvalue weighted by Gasteiger charge is -2.16. The Morgan fingerprint density at radius 2 is 0.847 bits per heavy atom. The second-order valence-electron chi connectivity index (χ2n) is 14.6. The summed E-state index contributed by atoms with van der Waals surface area (Å²) in [5, 5.41) is 46.4. The van der Waals surface area contributed by atoms with E-state index >= 15 is 0 Å². The molecule has 0 aliphatic heterocycles. The number of nitriles is 4. The maximum atomic E-state index is 10.8. The fourth-order valence-corrected chi connectivity index (χ4v) is 9.07. The Morgan fingerprint density at radius 1 is 0.322 bits per heavy atom. The molecule has 0 saturated carbocycles. The van der Waals surface area contributed by atoms with Gasteiger partial charge in [-0.1, -0.05) is 72.8 Å². The largest absolute Gasteiger partial charge is 0.309 e. The molecule has 0 amide bonds. The van der Waals surface area contributed by atoms with E-state index < -0.39 is 0 Å². The van der Waals surface area contributed by atoms with Crippen LogP contribution in [0, 0.1) is 45.3 Å². The quantitative estimate of drug-likeness (QED) is 0.178. The van der Waals surface area contributed by atoms with E-state index in [9.17, 15) is 21.0 Å². The van der Waals surface area contributed by atoms with Gasteiger partial charge in [0, 0.05) is 54.8 Å². The summed E-state index contributed by atoms with van der Waals surface area (Å²) in [7, 11) is 0. The molecule has 3 heterocycles. The number of hydrogen-bond acceptors (Lipinski definition) is 4. The summed E-state index contributed by atoms with van der Waals surface area (Å²) in [5.41, 5.74) is 12.3. The monoisotopic (exact) mass is 749 g/mol. The van der Waals surface area contributed by atoms with E-state index in [4.69, 9.17) is 0 Å². The van der Waals surface area contributed by atoms with Gasteiger partial charge in [-0.15, -0.1) is 0 Å². The molecule has 0 aliphatic carbocycles. The fourth-order valence-electron chi connectivity index (χ4n) is 9.07. The highest BCUT2D eigenvalue weighted by atomic mass is 15.0. The minimum absolute atomic E-state index is 0.488. The molecule has 7 nitrogen and oxygen atoms in total. The summed E-state index contributed by atoms with van der Waals surface area (Å²) in [4.78, 5) is 0. The van der Waals surface area contributed by atoms with Crippen LogP contribution in [0.2, 0.25) is 0 Å². The Bertz CT molecular complexity index is 3790. The maximum Gasteiger partial charge on any atom is 0.101 e. The molecular weight excluding hydrogens is 723 g/mol.